The van der Waals surface area contributed by atoms with Crippen molar-refractivity contribution >= 4 is 28.4 Å². The SMILES string of the molecule is Nc1ccc(-c2nc3cc(Cl)ccc3o2)nc1. The number of halogens is 1. The maximum atomic E-state index is 5.88. The van der Waals surface area contributed by atoms with Crippen molar-refractivity contribution in [3.05, 3.63) is 41.6 Å². The quantitative estimate of drug-likeness (QED) is 0.715. The lowest BCUT2D eigenvalue weighted by Crippen LogP contribution is -1.87. The summed E-state index contributed by atoms with van der Waals surface area (Å²) >= 11 is 5.88. The standard InChI is InChI=1S/C12H8ClN3O/c13-7-1-4-11-10(5-7)16-12(17-11)9-3-2-8(14)6-15-9/h1-6H,14H2. The smallest absolute Gasteiger partial charge is 0.246 e. The second-order valence-corrected chi connectivity index (χ2v) is 4.04. The van der Waals surface area contributed by atoms with Crippen LogP contribution < -0.4 is 5.73 Å². The van der Waals surface area contributed by atoms with Crippen LogP contribution in [0, 0.1) is 0 Å². The molecule has 0 unspecified atom stereocenters. The number of hydrogen-bond donors (Lipinski definition) is 1. The maximum absolute atomic E-state index is 5.88. The molecule has 0 radical (unpaired) electrons. The molecule has 84 valence electrons. The van der Waals surface area contributed by atoms with E-state index in [0.717, 1.165) is 0 Å². The first-order valence-electron chi connectivity index (χ1n) is 5.00. The summed E-state index contributed by atoms with van der Waals surface area (Å²) in [6.07, 6.45) is 1.57. The van der Waals surface area contributed by atoms with Gasteiger partial charge in [0.15, 0.2) is 5.58 Å². The first-order valence-corrected chi connectivity index (χ1v) is 5.38. The summed E-state index contributed by atoms with van der Waals surface area (Å²) in [5, 5.41) is 0.627. The van der Waals surface area contributed by atoms with Gasteiger partial charge in [0, 0.05) is 5.02 Å². The van der Waals surface area contributed by atoms with Gasteiger partial charge in [-0.2, -0.15) is 0 Å². The Morgan fingerprint density at radius 2 is 2.06 bits per heavy atom. The highest BCUT2D eigenvalue weighted by atomic mass is 35.5. The molecule has 3 rings (SSSR count). The van der Waals surface area contributed by atoms with E-state index < -0.39 is 0 Å². The van der Waals surface area contributed by atoms with E-state index in [1.165, 1.54) is 0 Å². The fourth-order valence-corrected chi connectivity index (χ4v) is 1.71. The predicted molar refractivity (Wildman–Crippen MR) is 66.7 cm³/mol. The molecule has 0 fully saturated rings. The minimum absolute atomic E-state index is 0.460. The van der Waals surface area contributed by atoms with Crippen molar-refractivity contribution in [1.82, 2.24) is 9.97 Å². The van der Waals surface area contributed by atoms with Gasteiger partial charge in [0.2, 0.25) is 5.89 Å². The molecule has 0 aliphatic rings. The molecule has 0 spiro atoms. The van der Waals surface area contributed by atoms with Crippen molar-refractivity contribution in [2.75, 3.05) is 5.73 Å². The Morgan fingerprint density at radius 3 is 2.82 bits per heavy atom. The summed E-state index contributed by atoms with van der Waals surface area (Å²) in [5.41, 5.74) is 8.22. The largest absolute Gasteiger partial charge is 0.435 e. The molecule has 2 N–H and O–H groups in total. The molecule has 17 heavy (non-hydrogen) atoms. The Labute approximate surface area is 102 Å². The molecule has 0 amide bonds. The van der Waals surface area contributed by atoms with Crippen molar-refractivity contribution in [3.8, 4) is 11.6 Å². The second-order valence-electron chi connectivity index (χ2n) is 3.61. The number of hydrogen-bond acceptors (Lipinski definition) is 4. The lowest BCUT2D eigenvalue weighted by atomic mass is 10.3. The van der Waals surface area contributed by atoms with Gasteiger partial charge in [-0.3, -0.25) is 0 Å². The van der Waals surface area contributed by atoms with E-state index in [-0.39, 0.29) is 0 Å². The van der Waals surface area contributed by atoms with Gasteiger partial charge in [0.1, 0.15) is 11.2 Å². The van der Waals surface area contributed by atoms with Crippen LogP contribution >= 0.6 is 11.6 Å². The summed E-state index contributed by atoms with van der Waals surface area (Å²) in [6.45, 7) is 0. The van der Waals surface area contributed by atoms with Crippen LogP contribution in [0.25, 0.3) is 22.7 Å². The van der Waals surface area contributed by atoms with Gasteiger partial charge in [-0.1, -0.05) is 11.6 Å². The Balaban J connectivity index is 2.14. The number of pyridine rings is 1. The van der Waals surface area contributed by atoms with Crippen molar-refractivity contribution < 1.29 is 4.42 Å². The molecule has 0 saturated carbocycles. The highest BCUT2D eigenvalue weighted by molar-refractivity contribution is 6.31. The molecule has 4 nitrogen and oxygen atoms in total. The summed E-state index contributed by atoms with van der Waals surface area (Å²) in [7, 11) is 0. The highest BCUT2D eigenvalue weighted by Gasteiger charge is 2.09. The molecule has 2 aromatic heterocycles. The molecular weight excluding hydrogens is 238 g/mol. The van der Waals surface area contributed by atoms with Crippen LogP contribution in [0.15, 0.2) is 40.9 Å². The number of nitrogen functional groups attached to an aromatic ring is 1. The summed E-state index contributed by atoms with van der Waals surface area (Å²) in [5.74, 6) is 0.460. The van der Waals surface area contributed by atoms with Crippen molar-refractivity contribution in [1.29, 1.82) is 0 Å². The number of nitrogens with two attached hydrogens (primary N) is 1. The zero-order valence-electron chi connectivity index (χ0n) is 8.72. The Bertz CT molecular complexity index is 676. The molecule has 0 aliphatic heterocycles. The molecule has 0 saturated heterocycles. The van der Waals surface area contributed by atoms with Crippen LogP contribution in [0.1, 0.15) is 0 Å². The van der Waals surface area contributed by atoms with Crippen molar-refractivity contribution in [3.63, 3.8) is 0 Å². The lowest BCUT2D eigenvalue weighted by molar-refractivity contribution is 0.617. The van der Waals surface area contributed by atoms with E-state index in [9.17, 15) is 0 Å². The van der Waals surface area contributed by atoms with E-state index in [1.54, 1.807) is 36.5 Å². The Morgan fingerprint density at radius 1 is 1.18 bits per heavy atom. The average molecular weight is 246 g/mol. The molecular formula is C12H8ClN3O. The molecule has 3 aromatic rings. The van der Waals surface area contributed by atoms with E-state index in [0.29, 0.717) is 33.4 Å². The van der Waals surface area contributed by atoms with Gasteiger partial charge in [0.05, 0.1) is 11.9 Å². The molecule has 0 atom stereocenters. The summed E-state index contributed by atoms with van der Waals surface area (Å²) in [6, 6.07) is 8.81. The third-order valence-electron chi connectivity index (χ3n) is 2.36. The number of aromatic nitrogens is 2. The number of fused-ring (bicyclic) bond motifs is 1. The average Bonchev–Trinajstić information content (AvgIpc) is 2.72. The third kappa shape index (κ3) is 1.83. The van der Waals surface area contributed by atoms with E-state index >= 15 is 0 Å². The van der Waals surface area contributed by atoms with Crippen LogP contribution in [-0.2, 0) is 0 Å². The van der Waals surface area contributed by atoms with Crippen LogP contribution in [0.2, 0.25) is 5.02 Å². The second kappa shape index (κ2) is 3.75. The predicted octanol–water partition coefficient (Wildman–Crippen LogP) is 3.13. The van der Waals surface area contributed by atoms with Crippen molar-refractivity contribution in [2.45, 2.75) is 0 Å². The van der Waals surface area contributed by atoms with Gasteiger partial charge < -0.3 is 10.2 Å². The molecule has 2 heterocycles. The monoisotopic (exact) mass is 245 g/mol. The Hall–Kier alpha value is -2.07. The number of benzene rings is 1. The minimum atomic E-state index is 0.460. The lowest BCUT2D eigenvalue weighted by Gasteiger charge is -1.94. The number of anilines is 1. The molecule has 1 aromatic carbocycles. The van der Waals surface area contributed by atoms with Gasteiger partial charge in [-0.15, -0.1) is 0 Å². The van der Waals surface area contributed by atoms with Gasteiger partial charge in [0.25, 0.3) is 0 Å². The number of rotatable bonds is 1. The van der Waals surface area contributed by atoms with Crippen LogP contribution in [-0.4, -0.2) is 9.97 Å². The van der Waals surface area contributed by atoms with E-state index in [4.69, 9.17) is 21.8 Å². The highest BCUT2D eigenvalue weighted by Crippen LogP contribution is 2.25. The fourth-order valence-electron chi connectivity index (χ4n) is 1.54. The van der Waals surface area contributed by atoms with Crippen LogP contribution in [0.5, 0.6) is 0 Å². The van der Waals surface area contributed by atoms with Gasteiger partial charge in [-0.05, 0) is 30.3 Å². The summed E-state index contributed by atoms with van der Waals surface area (Å²) < 4.78 is 5.58. The van der Waals surface area contributed by atoms with E-state index in [2.05, 4.69) is 9.97 Å². The zero-order chi connectivity index (χ0) is 11.8. The zero-order valence-corrected chi connectivity index (χ0v) is 9.48. The number of oxazole rings is 1. The third-order valence-corrected chi connectivity index (χ3v) is 2.59. The normalized spacial score (nSPS) is 10.9. The maximum Gasteiger partial charge on any atom is 0.246 e. The van der Waals surface area contributed by atoms with Crippen LogP contribution in [0.3, 0.4) is 0 Å². The Kier molecular flexibility index (Phi) is 2.23. The topological polar surface area (TPSA) is 64.9 Å². The van der Waals surface area contributed by atoms with E-state index in [1.807, 2.05) is 0 Å². The minimum Gasteiger partial charge on any atom is -0.435 e. The van der Waals surface area contributed by atoms with Crippen LogP contribution in [0.4, 0.5) is 5.69 Å². The summed E-state index contributed by atoms with van der Waals surface area (Å²) in [4.78, 5) is 8.47. The molecule has 0 bridgehead atoms. The molecule has 5 heteroatoms. The van der Waals surface area contributed by atoms with Gasteiger partial charge in [-0.25, -0.2) is 9.97 Å². The number of nitrogens with zero attached hydrogens (tertiary/aromatic N) is 2. The fraction of sp³-hybridized carbons (Fsp3) is 0. The van der Waals surface area contributed by atoms with Crippen molar-refractivity contribution in [2.24, 2.45) is 0 Å². The van der Waals surface area contributed by atoms with Gasteiger partial charge >= 0.3 is 0 Å². The molecule has 0 aliphatic carbocycles. The first-order chi connectivity index (χ1) is 8.22. The first kappa shape index (κ1) is 10.1.